The molecule has 2 nitrogen and oxygen atoms in total. The van der Waals surface area contributed by atoms with E-state index in [1.807, 2.05) is 13.8 Å². The van der Waals surface area contributed by atoms with Gasteiger partial charge in [-0.3, -0.25) is 0 Å². The quantitative estimate of drug-likeness (QED) is 0.558. The zero-order valence-corrected chi connectivity index (χ0v) is 15.2. The van der Waals surface area contributed by atoms with E-state index < -0.39 is 0 Å². The van der Waals surface area contributed by atoms with Crippen molar-refractivity contribution in [1.82, 2.24) is 0 Å². The Labute approximate surface area is 146 Å². The molecule has 3 aliphatic rings. The molecule has 0 bridgehead atoms. The Morgan fingerprint density at radius 2 is 1.79 bits per heavy atom. The van der Waals surface area contributed by atoms with Crippen LogP contribution in [0, 0.1) is 5.41 Å². The highest BCUT2D eigenvalue weighted by atomic mass is 15.1. The summed E-state index contributed by atoms with van der Waals surface area (Å²) in [6, 6.07) is 8.45. The molecule has 1 aromatic carbocycles. The summed E-state index contributed by atoms with van der Waals surface area (Å²) in [6.07, 6.45) is 12.5. The fourth-order valence-corrected chi connectivity index (χ4v) is 4.87. The van der Waals surface area contributed by atoms with Crippen molar-refractivity contribution < 1.29 is 4.58 Å². The minimum absolute atomic E-state index is 0.0896. The van der Waals surface area contributed by atoms with Crippen LogP contribution in [-0.4, -0.2) is 29.6 Å². The van der Waals surface area contributed by atoms with Crippen LogP contribution >= 0.6 is 0 Å². The molecule has 0 radical (unpaired) electrons. The summed E-state index contributed by atoms with van der Waals surface area (Å²) in [5.41, 5.74) is 4.60. The number of allylic oxidation sites excluding steroid dienone is 2. The lowest BCUT2D eigenvalue weighted by atomic mass is 9.62. The second-order valence-electron chi connectivity index (χ2n) is 6.97. The first-order valence-corrected chi connectivity index (χ1v) is 9.26. The number of nitrogens with zero attached hydrogens (tertiary/aromatic N) is 1. The van der Waals surface area contributed by atoms with Crippen molar-refractivity contribution in [2.75, 3.05) is 7.05 Å². The lowest BCUT2D eigenvalue weighted by Gasteiger charge is -2.37. The van der Waals surface area contributed by atoms with E-state index in [9.17, 15) is 0 Å². The highest BCUT2D eigenvalue weighted by molar-refractivity contribution is 6.05. The van der Waals surface area contributed by atoms with Crippen LogP contribution in [-0.2, 0) is 5.41 Å². The molecule has 1 N–H and O–H groups in total. The first-order valence-electron chi connectivity index (χ1n) is 9.26. The average Bonchev–Trinajstić information content (AvgIpc) is 2.87. The Hall–Kier alpha value is -1.96. The summed E-state index contributed by atoms with van der Waals surface area (Å²) >= 11 is 0. The van der Waals surface area contributed by atoms with Gasteiger partial charge in [-0.1, -0.05) is 51.1 Å². The van der Waals surface area contributed by atoms with E-state index in [1.165, 1.54) is 48.8 Å². The van der Waals surface area contributed by atoms with Gasteiger partial charge in [-0.25, -0.2) is 4.58 Å². The standard InChI is InChI=1S/C20H23N2.C2H6/c1-15-12-18-19(13-21,17-9-5-4-8-16(15)17)14-22(2)20(18)10-6-3-7-11-20;1-2/h4-5,8-9,12-14,21H,1,3,6-7,10-11H2,2H3;1-2H3/q+1;/t19-;/m0./s1. The maximum absolute atomic E-state index is 8.25. The molecule has 1 aliphatic heterocycles. The maximum atomic E-state index is 8.25. The van der Waals surface area contributed by atoms with Crippen molar-refractivity contribution in [3.63, 3.8) is 0 Å². The summed E-state index contributed by atoms with van der Waals surface area (Å²) in [5, 5.41) is 8.25. The van der Waals surface area contributed by atoms with Crippen molar-refractivity contribution in [2.24, 2.45) is 0 Å². The van der Waals surface area contributed by atoms with Gasteiger partial charge in [-0.15, -0.1) is 0 Å². The second-order valence-corrected chi connectivity index (χ2v) is 6.97. The molecule has 0 aromatic heterocycles. The monoisotopic (exact) mass is 321 g/mol. The first-order chi connectivity index (χ1) is 11.6. The van der Waals surface area contributed by atoms with E-state index in [1.54, 1.807) is 6.21 Å². The van der Waals surface area contributed by atoms with Crippen LogP contribution in [0.25, 0.3) is 5.57 Å². The first kappa shape index (κ1) is 16.9. The van der Waals surface area contributed by atoms with Crippen molar-refractivity contribution in [2.45, 2.75) is 56.9 Å². The molecule has 1 fully saturated rings. The fraction of sp³-hybridized carbons (Fsp3) is 0.455. The Bertz CT molecular complexity index is 732. The van der Waals surface area contributed by atoms with Gasteiger partial charge in [0.2, 0.25) is 0 Å². The van der Waals surface area contributed by atoms with Gasteiger partial charge in [0.1, 0.15) is 12.5 Å². The van der Waals surface area contributed by atoms with Gasteiger partial charge in [0, 0.05) is 24.6 Å². The third kappa shape index (κ3) is 2.08. The van der Waals surface area contributed by atoms with Gasteiger partial charge in [0.15, 0.2) is 11.8 Å². The molecule has 24 heavy (non-hydrogen) atoms. The number of rotatable bonds is 1. The van der Waals surface area contributed by atoms with Gasteiger partial charge >= 0.3 is 0 Å². The van der Waals surface area contributed by atoms with E-state index >= 15 is 0 Å². The van der Waals surface area contributed by atoms with Crippen LogP contribution < -0.4 is 0 Å². The second kappa shape index (κ2) is 6.16. The Balaban J connectivity index is 0.000000815. The Morgan fingerprint density at radius 1 is 1.12 bits per heavy atom. The average molecular weight is 321 g/mol. The largest absolute Gasteiger partial charge is 0.311 e. The van der Waals surface area contributed by atoms with E-state index in [2.05, 4.69) is 54.8 Å². The summed E-state index contributed by atoms with van der Waals surface area (Å²) in [4.78, 5) is 0. The van der Waals surface area contributed by atoms with Gasteiger partial charge in [-0.2, -0.15) is 0 Å². The molecule has 1 spiro atoms. The summed E-state index contributed by atoms with van der Waals surface area (Å²) in [6.45, 7) is 8.30. The normalized spacial score (nSPS) is 26.5. The van der Waals surface area contributed by atoms with Gasteiger partial charge in [0.05, 0.1) is 0 Å². The van der Waals surface area contributed by atoms with Gasteiger partial charge in [-0.05, 0) is 35.6 Å². The lowest BCUT2D eigenvalue weighted by molar-refractivity contribution is -0.566. The van der Waals surface area contributed by atoms with E-state index in [0.717, 1.165) is 5.57 Å². The van der Waals surface area contributed by atoms with Crippen LogP contribution in [0.5, 0.6) is 0 Å². The molecular weight excluding hydrogens is 292 g/mol. The molecule has 0 unspecified atom stereocenters. The molecule has 1 saturated carbocycles. The molecule has 0 amide bonds. The van der Waals surface area contributed by atoms with Crippen molar-refractivity contribution in [1.29, 1.82) is 5.41 Å². The number of likely N-dealkylation sites (N-methyl/N-ethyl adjacent to an activating group) is 1. The molecule has 2 heteroatoms. The highest BCUT2D eigenvalue weighted by Crippen LogP contribution is 2.52. The van der Waals surface area contributed by atoms with E-state index in [0.29, 0.717) is 0 Å². The number of benzene rings is 1. The van der Waals surface area contributed by atoms with Gasteiger partial charge in [0.25, 0.3) is 0 Å². The summed E-state index contributed by atoms with van der Waals surface area (Å²) < 4.78 is 2.40. The number of hydrogen-bond acceptors (Lipinski definition) is 1. The van der Waals surface area contributed by atoms with Gasteiger partial charge < -0.3 is 5.41 Å². The lowest BCUT2D eigenvalue weighted by Crippen LogP contribution is -2.44. The SMILES string of the molecule is C=C1C=C2C3(CCCCC3)[N+](C)=C[C@@]2(C=N)c2ccccc21.CC. The van der Waals surface area contributed by atoms with Crippen LogP contribution in [0.15, 0.2) is 42.5 Å². The third-order valence-corrected chi connectivity index (χ3v) is 5.97. The van der Waals surface area contributed by atoms with Crippen LogP contribution in [0.2, 0.25) is 0 Å². The van der Waals surface area contributed by atoms with Crippen molar-refractivity contribution >= 4 is 18.0 Å². The number of hydrogen-bond donors (Lipinski definition) is 1. The van der Waals surface area contributed by atoms with Crippen LogP contribution in [0.4, 0.5) is 0 Å². The Kier molecular flexibility index (Phi) is 4.33. The van der Waals surface area contributed by atoms with Crippen LogP contribution in [0.3, 0.4) is 0 Å². The molecule has 1 aromatic rings. The molecule has 1 heterocycles. The van der Waals surface area contributed by atoms with E-state index in [4.69, 9.17) is 5.41 Å². The smallest absolute Gasteiger partial charge is 0.185 e. The molecular formula is C22H29N2+. The molecule has 1 atom stereocenters. The van der Waals surface area contributed by atoms with E-state index in [-0.39, 0.29) is 11.0 Å². The zero-order chi connectivity index (χ0) is 17.4. The third-order valence-electron chi connectivity index (χ3n) is 5.97. The summed E-state index contributed by atoms with van der Waals surface area (Å²) in [7, 11) is 2.20. The zero-order valence-electron chi connectivity index (χ0n) is 15.2. The van der Waals surface area contributed by atoms with Crippen molar-refractivity contribution in [3.05, 3.63) is 53.6 Å². The Morgan fingerprint density at radius 3 is 2.46 bits per heavy atom. The van der Waals surface area contributed by atoms with Crippen LogP contribution in [0.1, 0.15) is 57.1 Å². The topological polar surface area (TPSA) is 26.9 Å². The highest BCUT2D eigenvalue weighted by Gasteiger charge is 2.60. The molecule has 4 rings (SSSR count). The predicted molar refractivity (Wildman–Crippen MR) is 103 cm³/mol. The minimum atomic E-state index is -0.371. The fourth-order valence-electron chi connectivity index (χ4n) is 4.87. The molecule has 0 saturated heterocycles. The van der Waals surface area contributed by atoms with Crippen molar-refractivity contribution in [3.8, 4) is 0 Å². The maximum Gasteiger partial charge on any atom is 0.185 e. The minimum Gasteiger partial charge on any atom is -0.311 e. The molecule has 126 valence electrons. The molecule has 2 aliphatic carbocycles. The number of nitrogens with one attached hydrogen (secondary N) is 1. The predicted octanol–water partition coefficient (Wildman–Crippen LogP) is 4.98. The summed E-state index contributed by atoms with van der Waals surface area (Å²) in [5.74, 6) is 0. The number of fused-ring (bicyclic) bond motifs is 4.